The molecule has 0 aliphatic carbocycles. The molecule has 1 aromatic rings. The first-order chi connectivity index (χ1) is 8.00. The van der Waals surface area contributed by atoms with Crippen LogP contribution in [0.3, 0.4) is 0 Å². The number of hydrogen-bond donors (Lipinski definition) is 1. The summed E-state index contributed by atoms with van der Waals surface area (Å²) in [7, 11) is 1.84. The molecule has 17 heavy (non-hydrogen) atoms. The third-order valence-electron chi connectivity index (χ3n) is 3.22. The standard InChI is InChI=1S/C11H18N4OS/c1-7(2)10-12-13-11(17)15(10)8-4-5-9(16)14(3)6-8/h7-8H,4-6H2,1-3H3,(H,13,17). The van der Waals surface area contributed by atoms with Crippen molar-refractivity contribution >= 4 is 18.1 Å². The number of H-pyrrole nitrogens is 1. The van der Waals surface area contributed by atoms with Gasteiger partial charge in [-0.15, -0.1) is 0 Å². The zero-order valence-corrected chi connectivity index (χ0v) is 11.3. The SMILES string of the molecule is CC(C)c1n[nH]c(=S)n1C1CCC(=O)N(C)C1. The lowest BCUT2D eigenvalue weighted by atomic mass is 10.0. The fourth-order valence-corrected chi connectivity index (χ4v) is 2.57. The van der Waals surface area contributed by atoms with Crippen molar-refractivity contribution in [2.45, 2.75) is 38.6 Å². The molecule has 1 unspecified atom stereocenters. The van der Waals surface area contributed by atoms with Gasteiger partial charge in [-0.3, -0.25) is 14.5 Å². The van der Waals surface area contributed by atoms with Gasteiger partial charge >= 0.3 is 0 Å². The van der Waals surface area contributed by atoms with Crippen LogP contribution in [0.15, 0.2) is 0 Å². The second-order valence-corrected chi connectivity index (χ2v) is 5.27. The van der Waals surface area contributed by atoms with Crippen molar-refractivity contribution in [2.24, 2.45) is 0 Å². The van der Waals surface area contributed by atoms with Crippen molar-refractivity contribution < 1.29 is 4.79 Å². The van der Waals surface area contributed by atoms with Crippen molar-refractivity contribution in [3.63, 3.8) is 0 Å². The largest absolute Gasteiger partial charge is 0.344 e. The summed E-state index contributed by atoms with van der Waals surface area (Å²) in [5.41, 5.74) is 0. The normalized spacial score (nSPS) is 21.3. The first kappa shape index (κ1) is 12.3. The van der Waals surface area contributed by atoms with E-state index in [-0.39, 0.29) is 11.9 Å². The van der Waals surface area contributed by atoms with E-state index >= 15 is 0 Å². The van der Waals surface area contributed by atoms with Crippen LogP contribution in [0, 0.1) is 4.77 Å². The predicted octanol–water partition coefficient (Wildman–Crippen LogP) is 1.86. The molecule has 1 atom stereocenters. The van der Waals surface area contributed by atoms with Gasteiger partial charge in [0.25, 0.3) is 0 Å². The number of rotatable bonds is 2. The molecule has 0 aromatic carbocycles. The number of nitrogens with zero attached hydrogens (tertiary/aromatic N) is 3. The molecule has 0 saturated carbocycles. The maximum atomic E-state index is 11.5. The highest BCUT2D eigenvalue weighted by atomic mass is 32.1. The summed E-state index contributed by atoms with van der Waals surface area (Å²) in [6, 6.07) is 0.251. The molecule has 0 spiro atoms. The summed E-state index contributed by atoms with van der Waals surface area (Å²) < 4.78 is 2.73. The average Bonchev–Trinajstić information content (AvgIpc) is 2.64. The van der Waals surface area contributed by atoms with E-state index in [1.54, 1.807) is 4.90 Å². The fraction of sp³-hybridized carbons (Fsp3) is 0.727. The molecular formula is C11H18N4OS. The van der Waals surface area contributed by atoms with Crippen molar-refractivity contribution in [3.8, 4) is 0 Å². The van der Waals surface area contributed by atoms with Crippen molar-refractivity contribution in [1.82, 2.24) is 19.7 Å². The molecule has 5 nitrogen and oxygen atoms in total. The summed E-state index contributed by atoms with van der Waals surface area (Å²) >= 11 is 5.28. The van der Waals surface area contributed by atoms with Gasteiger partial charge in [-0.1, -0.05) is 13.8 Å². The maximum Gasteiger partial charge on any atom is 0.222 e. The van der Waals surface area contributed by atoms with Crippen LogP contribution in [0.2, 0.25) is 0 Å². The van der Waals surface area contributed by atoms with E-state index in [1.165, 1.54) is 0 Å². The number of aromatic nitrogens is 3. The van der Waals surface area contributed by atoms with Crippen LogP contribution < -0.4 is 0 Å². The Bertz CT molecular complexity index is 476. The zero-order chi connectivity index (χ0) is 12.6. The van der Waals surface area contributed by atoms with Gasteiger partial charge in [-0.25, -0.2) is 0 Å². The first-order valence-electron chi connectivity index (χ1n) is 5.91. The van der Waals surface area contributed by atoms with Crippen molar-refractivity contribution in [2.75, 3.05) is 13.6 Å². The Morgan fingerprint density at radius 1 is 1.53 bits per heavy atom. The van der Waals surface area contributed by atoms with E-state index in [1.807, 2.05) is 7.05 Å². The predicted molar refractivity (Wildman–Crippen MR) is 67.4 cm³/mol. The maximum absolute atomic E-state index is 11.5. The van der Waals surface area contributed by atoms with Gasteiger partial charge < -0.3 is 4.90 Å². The molecule has 1 aromatic heterocycles. The van der Waals surface area contributed by atoms with E-state index in [9.17, 15) is 4.79 Å². The van der Waals surface area contributed by atoms with Crippen molar-refractivity contribution in [3.05, 3.63) is 10.6 Å². The summed E-state index contributed by atoms with van der Waals surface area (Å²) in [5.74, 6) is 1.51. The Morgan fingerprint density at radius 3 is 2.82 bits per heavy atom. The zero-order valence-electron chi connectivity index (χ0n) is 10.4. The van der Waals surface area contributed by atoms with Gasteiger partial charge in [-0.05, 0) is 18.6 Å². The van der Waals surface area contributed by atoms with Crippen LogP contribution in [0.5, 0.6) is 0 Å². The number of piperidine rings is 1. The topological polar surface area (TPSA) is 53.9 Å². The van der Waals surface area contributed by atoms with Crippen molar-refractivity contribution in [1.29, 1.82) is 0 Å². The highest BCUT2D eigenvalue weighted by Gasteiger charge is 2.27. The van der Waals surface area contributed by atoms with Crippen LogP contribution in [-0.4, -0.2) is 39.2 Å². The number of amides is 1. The van der Waals surface area contributed by atoms with Gasteiger partial charge in [0.2, 0.25) is 5.91 Å². The monoisotopic (exact) mass is 254 g/mol. The van der Waals surface area contributed by atoms with Gasteiger partial charge in [-0.2, -0.15) is 5.10 Å². The second kappa shape index (κ2) is 4.60. The van der Waals surface area contributed by atoms with E-state index in [4.69, 9.17) is 12.2 Å². The highest BCUT2D eigenvalue weighted by Crippen LogP contribution is 2.25. The molecule has 1 aliphatic heterocycles. The Balaban J connectivity index is 2.31. The Labute approximate surface area is 106 Å². The molecular weight excluding hydrogens is 236 g/mol. The number of nitrogens with one attached hydrogen (secondary N) is 1. The summed E-state index contributed by atoms with van der Waals surface area (Å²) in [5, 5.41) is 7.13. The number of carbonyl (C=O) groups is 1. The molecule has 1 fully saturated rings. The summed E-state index contributed by atoms with van der Waals surface area (Å²) in [6.07, 6.45) is 1.43. The van der Waals surface area contributed by atoms with Gasteiger partial charge in [0.15, 0.2) is 4.77 Å². The minimum atomic E-state index is 0.211. The Hall–Kier alpha value is -1.17. The molecule has 2 rings (SSSR count). The third-order valence-corrected chi connectivity index (χ3v) is 3.50. The lowest BCUT2D eigenvalue weighted by molar-refractivity contribution is -0.132. The van der Waals surface area contributed by atoms with E-state index < -0.39 is 0 Å². The van der Waals surface area contributed by atoms with Crippen LogP contribution >= 0.6 is 12.2 Å². The minimum Gasteiger partial charge on any atom is -0.344 e. The summed E-state index contributed by atoms with van der Waals surface area (Å²) in [6.45, 7) is 4.91. The van der Waals surface area contributed by atoms with Crippen LogP contribution in [0.25, 0.3) is 0 Å². The molecule has 0 radical (unpaired) electrons. The molecule has 0 bridgehead atoms. The minimum absolute atomic E-state index is 0.211. The molecule has 6 heteroatoms. The molecule has 1 amide bonds. The Morgan fingerprint density at radius 2 is 2.24 bits per heavy atom. The number of carbonyl (C=O) groups excluding carboxylic acids is 1. The van der Waals surface area contributed by atoms with Crippen LogP contribution in [-0.2, 0) is 4.79 Å². The number of aromatic amines is 1. The van der Waals surface area contributed by atoms with E-state index in [2.05, 4.69) is 28.6 Å². The molecule has 94 valence electrons. The van der Waals surface area contributed by atoms with Gasteiger partial charge in [0, 0.05) is 25.9 Å². The van der Waals surface area contributed by atoms with E-state index in [0.717, 1.165) is 12.2 Å². The lowest BCUT2D eigenvalue weighted by Crippen LogP contribution is -2.38. The molecule has 1 aliphatic rings. The van der Waals surface area contributed by atoms with E-state index in [0.29, 0.717) is 23.7 Å². The van der Waals surface area contributed by atoms with Gasteiger partial charge in [0.05, 0.1) is 6.04 Å². The van der Waals surface area contributed by atoms with Crippen LogP contribution in [0.4, 0.5) is 0 Å². The van der Waals surface area contributed by atoms with Gasteiger partial charge in [0.1, 0.15) is 5.82 Å². The Kier molecular flexibility index (Phi) is 3.33. The highest BCUT2D eigenvalue weighted by molar-refractivity contribution is 7.71. The van der Waals surface area contributed by atoms with Crippen LogP contribution in [0.1, 0.15) is 44.5 Å². The average molecular weight is 254 g/mol. The first-order valence-corrected chi connectivity index (χ1v) is 6.32. The molecule has 1 saturated heterocycles. The number of likely N-dealkylation sites (N-methyl/N-ethyl adjacent to an activating group) is 1. The number of hydrogen-bond acceptors (Lipinski definition) is 3. The second-order valence-electron chi connectivity index (χ2n) is 4.88. The lowest BCUT2D eigenvalue weighted by Gasteiger charge is -2.31. The molecule has 2 heterocycles. The quantitative estimate of drug-likeness (QED) is 0.820. The smallest absolute Gasteiger partial charge is 0.222 e. The summed E-state index contributed by atoms with van der Waals surface area (Å²) in [4.78, 5) is 13.3. The number of likely N-dealkylation sites (tertiary alicyclic amines) is 1. The fourth-order valence-electron chi connectivity index (χ4n) is 2.28. The molecule has 1 N–H and O–H groups in total. The third kappa shape index (κ3) is 2.26.